The fourth-order valence-electron chi connectivity index (χ4n) is 14.1. The Bertz CT molecular complexity index is 6190. The predicted molar refractivity (Wildman–Crippen MR) is 421 cm³/mol. The van der Waals surface area contributed by atoms with Crippen molar-refractivity contribution in [3.05, 3.63) is 367 Å². The number of benzene rings is 14. The van der Waals surface area contributed by atoms with Gasteiger partial charge in [-0.1, -0.05) is 230 Å². The van der Waals surface area contributed by atoms with Crippen LogP contribution in [0, 0.1) is 41.5 Å². The van der Waals surface area contributed by atoms with Crippen LogP contribution in [-0.4, -0.2) is 18.3 Å². The van der Waals surface area contributed by atoms with Gasteiger partial charge in [-0.25, -0.2) is 0 Å². The molecule has 0 atom stereocenters. The van der Waals surface area contributed by atoms with E-state index in [0.717, 1.165) is 22.3 Å². The van der Waals surface area contributed by atoms with Gasteiger partial charge in [0.1, 0.15) is 22.3 Å². The monoisotopic (exact) mass is 1280 g/mol. The normalized spacial score (nSPS) is 11.2. The third-order valence-corrected chi connectivity index (χ3v) is 19.0. The molecular formula is C93H76N4O2. The van der Waals surface area contributed by atoms with Crippen molar-refractivity contribution in [2.24, 2.45) is 7.05 Å². The molecule has 0 spiro atoms. The highest BCUT2D eigenvalue weighted by atomic mass is 16.3. The zero-order chi connectivity index (χ0) is 67.5. The van der Waals surface area contributed by atoms with E-state index in [0.29, 0.717) is 0 Å². The van der Waals surface area contributed by atoms with Crippen molar-refractivity contribution in [3.63, 3.8) is 0 Å². The maximum absolute atomic E-state index is 5.73. The van der Waals surface area contributed by atoms with Gasteiger partial charge in [-0.3, -0.25) is 0 Å². The lowest BCUT2D eigenvalue weighted by Gasteiger charge is -2.08. The van der Waals surface area contributed by atoms with Crippen molar-refractivity contribution in [1.82, 2.24) is 18.3 Å². The first-order valence-electron chi connectivity index (χ1n) is 33.9. The third-order valence-electron chi connectivity index (χ3n) is 19.0. The minimum Gasteiger partial charge on any atom is -0.456 e. The zero-order valence-corrected chi connectivity index (χ0v) is 56.9. The number of aromatic nitrogens is 4. The average Bonchev–Trinajstić information content (AvgIpc) is 1.61. The summed E-state index contributed by atoms with van der Waals surface area (Å²) in [5.74, 6) is 0. The molecule has 0 fully saturated rings. The van der Waals surface area contributed by atoms with Crippen LogP contribution in [0.15, 0.2) is 342 Å². The van der Waals surface area contributed by atoms with Crippen LogP contribution in [0.3, 0.4) is 0 Å². The first kappa shape index (κ1) is 62.7. The molecule has 6 heterocycles. The molecule has 0 N–H and O–H groups in total. The Morgan fingerprint density at radius 3 is 1.06 bits per heavy atom. The number of furan rings is 2. The molecule has 0 bridgehead atoms. The van der Waals surface area contributed by atoms with Crippen LogP contribution >= 0.6 is 0 Å². The lowest BCUT2D eigenvalue weighted by Crippen LogP contribution is -1.95. The van der Waals surface area contributed by atoms with Crippen LogP contribution in [0.2, 0.25) is 0 Å². The highest BCUT2D eigenvalue weighted by Crippen LogP contribution is 2.36. The molecule has 0 aliphatic carbocycles. The van der Waals surface area contributed by atoms with Gasteiger partial charge in [0.15, 0.2) is 0 Å². The smallest absolute Gasteiger partial charge is 0.135 e. The molecule has 6 nitrogen and oxygen atoms in total. The van der Waals surface area contributed by atoms with Gasteiger partial charge in [-0.2, -0.15) is 0 Å². The van der Waals surface area contributed by atoms with Crippen molar-refractivity contribution in [2.75, 3.05) is 0 Å². The summed E-state index contributed by atoms with van der Waals surface area (Å²) in [6.07, 6.45) is 0. The number of fused-ring (bicyclic) bond motifs is 16. The summed E-state index contributed by atoms with van der Waals surface area (Å²) in [6.45, 7) is 12.8. The average molecular weight is 1280 g/mol. The van der Waals surface area contributed by atoms with E-state index in [-0.39, 0.29) is 0 Å². The summed E-state index contributed by atoms with van der Waals surface area (Å²) in [7, 11) is 2.12. The minimum atomic E-state index is 0.966. The van der Waals surface area contributed by atoms with Crippen LogP contribution in [0.1, 0.15) is 33.5 Å². The Kier molecular flexibility index (Phi) is 17.4. The molecule has 20 rings (SSSR count). The minimum absolute atomic E-state index is 0.966. The molecule has 6 heteroatoms. The van der Waals surface area contributed by atoms with E-state index in [1.165, 1.54) is 148 Å². The summed E-state index contributed by atoms with van der Waals surface area (Å²) >= 11 is 0. The van der Waals surface area contributed by atoms with E-state index in [2.05, 4.69) is 358 Å². The predicted octanol–water partition coefficient (Wildman–Crippen LogP) is 25.6. The molecule has 0 aliphatic rings. The van der Waals surface area contributed by atoms with Gasteiger partial charge < -0.3 is 27.1 Å². The molecule has 6 aromatic heterocycles. The maximum Gasteiger partial charge on any atom is 0.135 e. The first-order chi connectivity index (χ1) is 48.5. The quantitative estimate of drug-likeness (QED) is 0.177. The molecule has 0 radical (unpaired) electrons. The van der Waals surface area contributed by atoms with Crippen molar-refractivity contribution in [3.8, 4) is 17.1 Å². The Balaban J connectivity index is 0.0000000974. The highest BCUT2D eigenvalue weighted by Gasteiger charge is 2.15. The molecule has 0 saturated heterocycles. The summed E-state index contributed by atoms with van der Waals surface area (Å²) in [6, 6.07) is 117. The van der Waals surface area contributed by atoms with Crippen molar-refractivity contribution in [2.45, 2.75) is 41.5 Å². The van der Waals surface area contributed by atoms with Gasteiger partial charge in [0.25, 0.3) is 0 Å². The standard InChI is InChI=1S/2C19H15N.C16H15N.C13H11N.2C13H10O/c1-14-11-12-19-17(13-14)16-9-5-6-10-18(16)20(19)15-7-3-2-4-8-15;1-14-11-12-17-16-9-5-6-10-18(16)20(19(17)13-14)15-7-3-2-4-8-15;1-12-13(2)17(14-8-4-3-5-9-14)16-11-7-6-10-15(12)16;1-14-12-8-4-2-6-10(12)11-7-3-5-9-13(11)14;1-9-6-7-13-11(8-9)10-4-2-3-5-12(10)14-13;1-9-6-7-11-10-4-2-3-5-12(10)14-13(11)8-9/h2*2-13H,1H3;3-11H,1-2H3;2-9H,1H3;2*2-8H,1H3. The molecule has 0 unspecified atom stereocenters. The second-order valence-electron chi connectivity index (χ2n) is 25.6. The second kappa shape index (κ2) is 27.4. The number of hydrogen-bond acceptors (Lipinski definition) is 2. The van der Waals surface area contributed by atoms with Crippen LogP contribution in [0.5, 0.6) is 0 Å². The fourth-order valence-corrected chi connectivity index (χ4v) is 14.1. The third kappa shape index (κ3) is 12.3. The Labute approximate surface area is 576 Å². The van der Waals surface area contributed by atoms with Gasteiger partial charge >= 0.3 is 0 Å². The van der Waals surface area contributed by atoms with Crippen LogP contribution < -0.4 is 0 Å². The molecule has 14 aromatic carbocycles. The van der Waals surface area contributed by atoms with Gasteiger partial charge in [0, 0.05) is 100 Å². The zero-order valence-electron chi connectivity index (χ0n) is 56.9. The SMILES string of the molecule is Cc1c(C)n(-c2ccccc2)c2ccccc12.Cc1ccc2c(c1)c1ccccc1n2-c1ccccc1.Cc1ccc2c(c1)oc1ccccc12.Cc1ccc2c3ccccc3n(-c3ccccc3)c2c1.Cc1ccc2oc3ccccc3c2c1.Cn1c2ccccc2c2ccccc21. The largest absolute Gasteiger partial charge is 0.456 e. The summed E-state index contributed by atoms with van der Waals surface area (Å²) < 4.78 is 20.7. The number of aryl methyl sites for hydroxylation is 6. The summed E-state index contributed by atoms with van der Waals surface area (Å²) in [5, 5.41) is 14.1. The van der Waals surface area contributed by atoms with Gasteiger partial charge in [-0.05, 0) is 173 Å². The molecule has 20 aromatic rings. The van der Waals surface area contributed by atoms with Crippen LogP contribution in [0.25, 0.3) is 137 Å². The van der Waals surface area contributed by atoms with E-state index in [9.17, 15) is 0 Å². The molecule has 0 amide bonds. The Morgan fingerprint density at radius 1 is 0.202 bits per heavy atom. The van der Waals surface area contributed by atoms with E-state index >= 15 is 0 Å². The van der Waals surface area contributed by atoms with Crippen LogP contribution in [-0.2, 0) is 7.05 Å². The van der Waals surface area contributed by atoms with Gasteiger partial charge in [0.05, 0.1) is 27.6 Å². The molecule has 0 saturated carbocycles. The lowest BCUT2D eigenvalue weighted by molar-refractivity contribution is 0.668. The second-order valence-corrected chi connectivity index (χ2v) is 25.6. The number of para-hydroxylation sites is 10. The van der Waals surface area contributed by atoms with Crippen molar-refractivity contribution < 1.29 is 8.83 Å². The van der Waals surface area contributed by atoms with E-state index < -0.39 is 0 Å². The van der Waals surface area contributed by atoms with Gasteiger partial charge in [0.2, 0.25) is 0 Å². The number of nitrogens with zero attached hydrogens (tertiary/aromatic N) is 4. The number of rotatable bonds is 3. The number of hydrogen-bond donors (Lipinski definition) is 0. The maximum atomic E-state index is 5.73. The van der Waals surface area contributed by atoms with E-state index in [1.807, 2.05) is 42.5 Å². The molecular weight excluding hydrogens is 1210 g/mol. The van der Waals surface area contributed by atoms with Gasteiger partial charge in [-0.15, -0.1) is 0 Å². The molecule has 99 heavy (non-hydrogen) atoms. The van der Waals surface area contributed by atoms with Crippen molar-refractivity contribution in [1.29, 1.82) is 0 Å². The summed E-state index contributed by atoms with van der Waals surface area (Å²) in [4.78, 5) is 0. The molecule has 480 valence electrons. The Hall–Kier alpha value is -12.4. The first-order valence-corrected chi connectivity index (χ1v) is 33.9. The van der Waals surface area contributed by atoms with Crippen molar-refractivity contribution >= 4 is 120 Å². The highest BCUT2D eigenvalue weighted by molar-refractivity contribution is 6.12. The van der Waals surface area contributed by atoms with E-state index in [1.54, 1.807) is 0 Å². The van der Waals surface area contributed by atoms with Crippen LogP contribution in [0.4, 0.5) is 0 Å². The summed E-state index contributed by atoms with van der Waals surface area (Å²) in [5.41, 5.74) is 24.3. The van der Waals surface area contributed by atoms with E-state index in [4.69, 9.17) is 8.83 Å². The topological polar surface area (TPSA) is 46.0 Å². The Morgan fingerprint density at radius 2 is 0.515 bits per heavy atom. The lowest BCUT2D eigenvalue weighted by atomic mass is 10.1. The fraction of sp³-hybridized carbons (Fsp3) is 0.0753. The molecule has 0 aliphatic heterocycles.